The first-order valence-corrected chi connectivity index (χ1v) is 10.9. The highest BCUT2D eigenvalue weighted by atomic mass is 16.5. The number of unbranched alkanes of at least 4 members (excludes halogenated alkanes) is 12. The number of aliphatic hydroxyl groups excluding tert-OH is 2. The molecule has 0 saturated heterocycles. The van der Waals surface area contributed by atoms with Crippen molar-refractivity contribution in [1.82, 2.24) is 0 Å². The molecule has 0 spiro atoms. The van der Waals surface area contributed by atoms with Crippen LogP contribution >= 0.6 is 0 Å². The fourth-order valence-corrected chi connectivity index (χ4v) is 2.77. The lowest BCUT2D eigenvalue weighted by atomic mass is 10.1. The van der Waals surface area contributed by atoms with Crippen molar-refractivity contribution < 1.29 is 29.3 Å². The van der Waals surface area contributed by atoms with E-state index < -0.39 is 11.9 Å². The molecule has 0 radical (unpaired) electrons. The molecule has 0 fully saturated rings. The van der Waals surface area contributed by atoms with Gasteiger partial charge in [0.25, 0.3) is 0 Å². The van der Waals surface area contributed by atoms with Gasteiger partial charge in [-0.25, -0.2) is 9.59 Å². The van der Waals surface area contributed by atoms with Crippen LogP contribution in [0, 0.1) is 0 Å². The first kappa shape index (κ1) is 26.6. The largest absolute Gasteiger partial charge is 0.463 e. The second-order valence-corrected chi connectivity index (χ2v) is 7.07. The molecule has 6 heteroatoms. The Morgan fingerprint density at radius 3 is 1.11 bits per heavy atom. The summed E-state index contributed by atoms with van der Waals surface area (Å²) in [5.74, 6) is -1.02. The first-order valence-electron chi connectivity index (χ1n) is 10.9. The van der Waals surface area contributed by atoms with Gasteiger partial charge in [0.2, 0.25) is 0 Å². The zero-order valence-corrected chi connectivity index (χ0v) is 17.4. The molecule has 0 saturated carbocycles. The standard InChI is InChI=1S/C22H40O6/c23-17-11-7-3-1-5-9-13-19-27-21(25)15-16-22(26)28-20-14-10-6-2-4-8-12-18-24/h15-16,23-24H,1-14,17-20H2/b16-15-. The molecular weight excluding hydrogens is 360 g/mol. The van der Waals surface area contributed by atoms with Gasteiger partial charge in [0.05, 0.1) is 13.2 Å². The molecule has 2 N–H and O–H groups in total. The predicted molar refractivity (Wildman–Crippen MR) is 110 cm³/mol. The minimum absolute atomic E-state index is 0.268. The molecular formula is C22H40O6. The summed E-state index contributed by atoms with van der Waals surface area (Å²) in [6.07, 6.45) is 16.6. The van der Waals surface area contributed by atoms with Crippen LogP contribution in [0.25, 0.3) is 0 Å². The van der Waals surface area contributed by atoms with Crippen LogP contribution in [0.5, 0.6) is 0 Å². The van der Waals surface area contributed by atoms with Crippen molar-refractivity contribution >= 4 is 11.9 Å². The Hall–Kier alpha value is -1.40. The molecule has 0 rings (SSSR count). The highest BCUT2D eigenvalue weighted by molar-refractivity contribution is 5.91. The highest BCUT2D eigenvalue weighted by Crippen LogP contribution is 2.08. The molecule has 0 atom stereocenters. The van der Waals surface area contributed by atoms with Gasteiger partial charge in [0, 0.05) is 25.4 Å². The predicted octanol–water partition coefficient (Wildman–Crippen LogP) is 4.08. The molecule has 0 aromatic heterocycles. The van der Waals surface area contributed by atoms with E-state index in [-0.39, 0.29) is 13.2 Å². The summed E-state index contributed by atoms with van der Waals surface area (Å²) in [6, 6.07) is 0. The van der Waals surface area contributed by atoms with Crippen LogP contribution in [0.15, 0.2) is 12.2 Å². The summed E-state index contributed by atoms with van der Waals surface area (Å²) >= 11 is 0. The van der Waals surface area contributed by atoms with Gasteiger partial charge in [-0.2, -0.15) is 0 Å². The van der Waals surface area contributed by atoms with Gasteiger partial charge in [-0.1, -0.05) is 64.2 Å². The van der Waals surface area contributed by atoms with Gasteiger partial charge < -0.3 is 19.7 Å². The summed E-state index contributed by atoms with van der Waals surface area (Å²) in [4.78, 5) is 23.0. The Bertz CT molecular complexity index is 358. The summed E-state index contributed by atoms with van der Waals surface area (Å²) in [7, 11) is 0. The lowest BCUT2D eigenvalue weighted by Gasteiger charge is -2.03. The number of carbonyl (C=O) groups is 2. The van der Waals surface area contributed by atoms with Crippen LogP contribution in [0.1, 0.15) is 89.9 Å². The molecule has 0 unspecified atom stereocenters. The summed E-state index contributed by atoms with van der Waals surface area (Å²) in [5, 5.41) is 17.4. The van der Waals surface area contributed by atoms with E-state index in [9.17, 15) is 9.59 Å². The van der Waals surface area contributed by atoms with E-state index in [0.717, 1.165) is 102 Å². The molecule has 0 aromatic carbocycles. The highest BCUT2D eigenvalue weighted by Gasteiger charge is 2.01. The number of carbonyl (C=O) groups excluding carboxylic acids is 2. The monoisotopic (exact) mass is 400 g/mol. The van der Waals surface area contributed by atoms with Crippen molar-refractivity contribution in [2.75, 3.05) is 26.4 Å². The van der Waals surface area contributed by atoms with Gasteiger partial charge in [0.1, 0.15) is 0 Å². The number of esters is 2. The third-order valence-corrected chi connectivity index (χ3v) is 4.45. The van der Waals surface area contributed by atoms with Gasteiger partial charge in [0.15, 0.2) is 0 Å². The van der Waals surface area contributed by atoms with Crippen molar-refractivity contribution in [3.05, 3.63) is 12.2 Å². The lowest BCUT2D eigenvalue weighted by molar-refractivity contribution is -0.140. The van der Waals surface area contributed by atoms with E-state index in [0.29, 0.717) is 13.2 Å². The van der Waals surface area contributed by atoms with Crippen LogP contribution in [0.3, 0.4) is 0 Å². The van der Waals surface area contributed by atoms with Crippen LogP contribution in [0.2, 0.25) is 0 Å². The van der Waals surface area contributed by atoms with Gasteiger partial charge in [-0.3, -0.25) is 0 Å². The topological polar surface area (TPSA) is 93.1 Å². The quantitative estimate of drug-likeness (QED) is 0.182. The SMILES string of the molecule is O=C(/C=C\C(=O)OCCCCCCCCCO)OCCCCCCCCCO. The minimum Gasteiger partial charge on any atom is -0.463 e. The van der Waals surface area contributed by atoms with Gasteiger partial charge in [-0.05, 0) is 25.7 Å². The van der Waals surface area contributed by atoms with E-state index >= 15 is 0 Å². The number of ether oxygens (including phenoxy) is 2. The van der Waals surface area contributed by atoms with Crippen molar-refractivity contribution in [2.24, 2.45) is 0 Å². The molecule has 6 nitrogen and oxygen atoms in total. The molecule has 0 aliphatic rings. The average Bonchev–Trinajstić information content (AvgIpc) is 2.69. The minimum atomic E-state index is -0.511. The number of hydrogen-bond donors (Lipinski definition) is 2. The van der Waals surface area contributed by atoms with Crippen LogP contribution in [-0.2, 0) is 19.1 Å². The third-order valence-electron chi connectivity index (χ3n) is 4.45. The molecule has 0 aliphatic heterocycles. The van der Waals surface area contributed by atoms with Crippen LogP contribution in [0.4, 0.5) is 0 Å². The maximum Gasteiger partial charge on any atom is 0.331 e. The van der Waals surface area contributed by atoms with E-state index in [1.54, 1.807) is 0 Å². The molecule has 0 bridgehead atoms. The fourth-order valence-electron chi connectivity index (χ4n) is 2.77. The summed E-state index contributed by atoms with van der Waals surface area (Å²) in [5.41, 5.74) is 0. The fraction of sp³-hybridized carbons (Fsp3) is 0.818. The normalized spacial score (nSPS) is 11.1. The zero-order valence-electron chi connectivity index (χ0n) is 17.4. The zero-order chi connectivity index (χ0) is 20.7. The van der Waals surface area contributed by atoms with Crippen molar-refractivity contribution in [1.29, 1.82) is 0 Å². The van der Waals surface area contributed by atoms with Crippen molar-refractivity contribution in [3.63, 3.8) is 0 Å². The number of aliphatic hydroxyl groups is 2. The molecule has 0 aliphatic carbocycles. The second-order valence-electron chi connectivity index (χ2n) is 7.07. The number of rotatable bonds is 20. The molecule has 0 heterocycles. The molecule has 0 amide bonds. The molecule has 28 heavy (non-hydrogen) atoms. The van der Waals surface area contributed by atoms with Crippen LogP contribution in [-0.4, -0.2) is 48.6 Å². The lowest BCUT2D eigenvalue weighted by Crippen LogP contribution is -2.06. The second kappa shape index (κ2) is 21.9. The molecule has 164 valence electrons. The smallest absolute Gasteiger partial charge is 0.331 e. The Morgan fingerprint density at radius 1 is 0.500 bits per heavy atom. The van der Waals surface area contributed by atoms with Crippen molar-refractivity contribution in [3.8, 4) is 0 Å². The summed E-state index contributed by atoms with van der Waals surface area (Å²) < 4.78 is 10.1. The Balaban J connectivity index is 3.43. The van der Waals surface area contributed by atoms with E-state index in [2.05, 4.69) is 0 Å². The van der Waals surface area contributed by atoms with Crippen molar-refractivity contribution in [2.45, 2.75) is 89.9 Å². The third kappa shape index (κ3) is 20.9. The average molecular weight is 401 g/mol. The maximum atomic E-state index is 11.5. The van der Waals surface area contributed by atoms with Gasteiger partial charge in [-0.15, -0.1) is 0 Å². The Labute approximate surface area is 170 Å². The van der Waals surface area contributed by atoms with E-state index in [1.807, 2.05) is 0 Å². The Kier molecular flexibility index (Phi) is 20.8. The van der Waals surface area contributed by atoms with E-state index in [1.165, 1.54) is 0 Å². The maximum absolute atomic E-state index is 11.5. The number of hydrogen-bond acceptors (Lipinski definition) is 6. The van der Waals surface area contributed by atoms with E-state index in [4.69, 9.17) is 19.7 Å². The first-order chi connectivity index (χ1) is 13.7. The van der Waals surface area contributed by atoms with Crippen LogP contribution < -0.4 is 0 Å². The Morgan fingerprint density at radius 2 is 0.786 bits per heavy atom. The van der Waals surface area contributed by atoms with Gasteiger partial charge >= 0.3 is 11.9 Å². The molecule has 0 aromatic rings. The summed E-state index contributed by atoms with van der Waals surface area (Å²) in [6.45, 7) is 1.27.